The van der Waals surface area contributed by atoms with Gasteiger partial charge in [0.25, 0.3) is 5.91 Å². The van der Waals surface area contributed by atoms with Crippen LogP contribution in [0.5, 0.6) is 5.75 Å². The van der Waals surface area contributed by atoms with Crippen molar-refractivity contribution in [2.75, 3.05) is 6.61 Å². The number of benzene rings is 1. The van der Waals surface area contributed by atoms with Crippen molar-refractivity contribution in [2.45, 2.75) is 19.3 Å². The van der Waals surface area contributed by atoms with Crippen LogP contribution in [-0.4, -0.2) is 24.8 Å². The van der Waals surface area contributed by atoms with E-state index < -0.39 is 24.8 Å². The maximum atomic E-state index is 12.1. The van der Waals surface area contributed by atoms with E-state index in [1.165, 1.54) is 24.5 Å². The molecular weight excluding hydrogens is 367 g/mol. The van der Waals surface area contributed by atoms with Gasteiger partial charge in [-0.3, -0.25) is 4.79 Å². The lowest BCUT2D eigenvalue weighted by atomic mass is 10.2. The average molecular weight is 383 g/mol. The van der Waals surface area contributed by atoms with Gasteiger partial charge in [-0.15, -0.1) is 13.2 Å². The molecule has 0 saturated heterocycles. The summed E-state index contributed by atoms with van der Waals surface area (Å²) in [5.41, 5.74) is 0.456. The SMILES string of the molecule is C[C@@H](NC(=O)COC(=O)/C=C/c1ccc(OC(F)(F)F)cc1)c1ccco1. The van der Waals surface area contributed by atoms with Crippen LogP contribution in [0.3, 0.4) is 0 Å². The molecule has 144 valence electrons. The first kappa shape index (κ1) is 20.1. The van der Waals surface area contributed by atoms with Crippen molar-refractivity contribution in [3.63, 3.8) is 0 Å². The van der Waals surface area contributed by atoms with Crippen LogP contribution in [0.25, 0.3) is 6.08 Å². The van der Waals surface area contributed by atoms with Crippen molar-refractivity contribution in [2.24, 2.45) is 0 Å². The van der Waals surface area contributed by atoms with E-state index in [0.29, 0.717) is 11.3 Å². The van der Waals surface area contributed by atoms with Crippen molar-refractivity contribution in [3.8, 4) is 5.75 Å². The Hall–Kier alpha value is -3.23. The summed E-state index contributed by atoms with van der Waals surface area (Å²) >= 11 is 0. The maximum absolute atomic E-state index is 12.1. The molecule has 1 amide bonds. The molecule has 1 heterocycles. The Bertz CT molecular complexity index is 782. The number of furan rings is 1. The van der Waals surface area contributed by atoms with Gasteiger partial charge in [0.1, 0.15) is 11.5 Å². The molecule has 1 atom stereocenters. The van der Waals surface area contributed by atoms with Gasteiger partial charge in [-0.2, -0.15) is 0 Å². The van der Waals surface area contributed by atoms with E-state index in [1.54, 1.807) is 19.1 Å². The van der Waals surface area contributed by atoms with Gasteiger partial charge in [-0.25, -0.2) is 4.79 Å². The number of hydrogen-bond acceptors (Lipinski definition) is 5. The number of nitrogens with one attached hydrogen (secondary N) is 1. The number of alkyl halides is 3. The third-order valence-corrected chi connectivity index (χ3v) is 3.22. The summed E-state index contributed by atoms with van der Waals surface area (Å²) in [6.07, 6.45) is -0.896. The molecule has 6 nitrogen and oxygen atoms in total. The number of amides is 1. The second-order valence-electron chi connectivity index (χ2n) is 5.36. The molecule has 0 spiro atoms. The number of esters is 1. The second kappa shape index (κ2) is 8.93. The van der Waals surface area contributed by atoms with E-state index in [0.717, 1.165) is 18.2 Å². The van der Waals surface area contributed by atoms with Crippen LogP contribution < -0.4 is 10.1 Å². The molecule has 0 bridgehead atoms. The number of ether oxygens (including phenoxy) is 2. The van der Waals surface area contributed by atoms with E-state index in [2.05, 4.69) is 10.1 Å². The van der Waals surface area contributed by atoms with E-state index in [9.17, 15) is 22.8 Å². The highest BCUT2D eigenvalue weighted by molar-refractivity contribution is 5.89. The van der Waals surface area contributed by atoms with Crippen molar-refractivity contribution in [3.05, 3.63) is 60.1 Å². The van der Waals surface area contributed by atoms with Crippen LogP contribution in [0.1, 0.15) is 24.3 Å². The van der Waals surface area contributed by atoms with Gasteiger partial charge >= 0.3 is 12.3 Å². The molecular formula is C18H16F3NO5. The Kier molecular flexibility index (Phi) is 6.64. The average Bonchev–Trinajstić information content (AvgIpc) is 3.13. The summed E-state index contributed by atoms with van der Waals surface area (Å²) in [6.45, 7) is 1.23. The molecule has 0 saturated carbocycles. The Morgan fingerprint density at radius 1 is 1.22 bits per heavy atom. The smallest absolute Gasteiger partial charge is 0.467 e. The standard InChI is InChI=1S/C18H16F3NO5/c1-12(15-3-2-10-25-15)22-16(23)11-26-17(24)9-6-13-4-7-14(8-5-13)27-18(19,20)21/h2-10,12H,11H2,1H3,(H,22,23)/b9-6+/t12-/m1/s1. The topological polar surface area (TPSA) is 77.8 Å². The van der Waals surface area contributed by atoms with Gasteiger partial charge in [-0.05, 0) is 42.8 Å². The first-order valence-corrected chi connectivity index (χ1v) is 7.76. The molecule has 2 aromatic rings. The molecule has 9 heteroatoms. The molecule has 27 heavy (non-hydrogen) atoms. The molecule has 0 aliphatic heterocycles. The number of halogens is 3. The van der Waals surface area contributed by atoms with Crippen molar-refractivity contribution < 1.29 is 36.7 Å². The van der Waals surface area contributed by atoms with Crippen molar-refractivity contribution in [1.29, 1.82) is 0 Å². The Labute approximate surface area is 152 Å². The van der Waals surface area contributed by atoms with E-state index in [-0.39, 0.29) is 11.8 Å². The van der Waals surface area contributed by atoms with Crippen LogP contribution in [0.2, 0.25) is 0 Å². The van der Waals surface area contributed by atoms with Gasteiger partial charge in [0.2, 0.25) is 0 Å². The number of hydrogen-bond donors (Lipinski definition) is 1. The van der Waals surface area contributed by atoms with E-state index in [4.69, 9.17) is 9.15 Å². The maximum Gasteiger partial charge on any atom is 0.573 e. The summed E-state index contributed by atoms with van der Waals surface area (Å²) in [4.78, 5) is 23.3. The quantitative estimate of drug-likeness (QED) is 0.584. The normalized spacial score (nSPS) is 12.6. The first-order valence-electron chi connectivity index (χ1n) is 7.76. The van der Waals surface area contributed by atoms with Crippen molar-refractivity contribution in [1.82, 2.24) is 5.32 Å². The van der Waals surface area contributed by atoms with Crippen LogP contribution in [-0.2, 0) is 14.3 Å². The van der Waals surface area contributed by atoms with Gasteiger partial charge in [-0.1, -0.05) is 12.1 Å². The minimum atomic E-state index is -4.77. The largest absolute Gasteiger partial charge is 0.573 e. The first-order chi connectivity index (χ1) is 12.7. The minimum Gasteiger partial charge on any atom is -0.467 e. The Morgan fingerprint density at radius 3 is 2.52 bits per heavy atom. The molecule has 1 aromatic heterocycles. The molecule has 0 unspecified atom stereocenters. The predicted octanol–water partition coefficient (Wildman–Crippen LogP) is 3.61. The molecule has 0 aliphatic carbocycles. The second-order valence-corrected chi connectivity index (χ2v) is 5.36. The van der Waals surface area contributed by atoms with Gasteiger partial charge < -0.3 is 19.2 Å². The van der Waals surface area contributed by atoms with Crippen LogP contribution in [0.15, 0.2) is 53.2 Å². The molecule has 1 N–H and O–H groups in total. The zero-order chi connectivity index (χ0) is 19.9. The summed E-state index contributed by atoms with van der Waals surface area (Å²) < 4.78 is 49.9. The highest BCUT2D eigenvalue weighted by atomic mass is 19.4. The highest BCUT2D eigenvalue weighted by Gasteiger charge is 2.30. The zero-order valence-electron chi connectivity index (χ0n) is 14.2. The third kappa shape index (κ3) is 7.27. The molecule has 0 radical (unpaired) electrons. The lowest BCUT2D eigenvalue weighted by molar-refractivity contribution is -0.274. The molecule has 1 aromatic carbocycles. The van der Waals surface area contributed by atoms with Crippen LogP contribution in [0, 0.1) is 0 Å². The number of carbonyl (C=O) groups excluding carboxylic acids is 2. The van der Waals surface area contributed by atoms with Gasteiger partial charge in [0.15, 0.2) is 6.61 Å². The van der Waals surface area contributed by atoms with Crippen LogP contribution in [0.4, 0.5) is 13.2 Å². The van der Waals surface area contributed by atoms with Crippen LogP contribution >= 0.6 is 0 Å². The fourth-order valence-corrected chi connectivity index (χ4v) is 2.02. The third-order valence-electron chi connectivity index (χ3n) is 3.22. The van der Waals surface area contributed by atoms with Gasteiger partial charge in [0.05, 0.1) is 12.3 Å². The minimum absolute atomic E-state index is 0.371. The molecule has 0 fully saturated rings. The summed E-state index contributed by atoms with van der Waals surface area (Å²) in [7, 11) is 0. The highest BCUT2D eigenvalue weighted by Crippen LogP contribution is 2.23. The lowest BCUT2D eigenvalue weighted by Crippen LogP contribution is -2.30. The number of carbonyl (C=O) groups is 2. The van der Waals surface area contributed by atoms with E-state index >= 15 is 0 Å². The van der Waals surface area contributed by atoms with Crippen molar-refractivity contribution >= 4 is 18.0 Å². The molecule has 2 rings (SSSR count). The molecule has 0 aliphatic rings. The summed E-state index contributed by atoms with van der Waals surface area (Å²) in [5, 5.41) is 2.60. The zero-order valence-corrected chi connectivity index (χ0v) is 14.2. The monoisotopic (exact) mass is 383 g/mol. The predicted molar refractivity (Wildman–Crippen MR) is 88.4 cm³/mol. The Morgan fingerprint density at radius 2 is 1.93 bits per heavy atom. The lowest BCUT2D eigenvalue weighted by Gasteiger charge is -2.11. The fourth-order valence-electron chi connectivity index (χ4n) is 2.02. The van der Waals surface area contributed by atoms with Gasteiger partial charge in [0, 0.05) is 6.08 Å². The van der Waals surface area contributed by atoms with E-state index in [1.807, 2.05) is 0 Å². The number of rotatable bonds is 7. The summed E-state index contributed by atoms with van der Waals surface area (Å²) in [5.74, 6) is -1.09. The summed E-state index contributed by atoms with van der Waals surface area (Å²) in [6, 6.07) is 7.91. The fraction of sp³-hybridized carbons (Fsp3) is 0.222. The Balaban J connectivity index is 1.77.